The quantitative estimate of drug-likeness (QED) is 0.323. The van der Waals surface area contributed by atoms with E-state index >= 15 is 0 Å². The summed E-state index contributed by atoms with van der Waals surface area (Å²) in [7, 11) is 0. The standard InChI is InChI=1S/C22H17N5O4/c23-12-3-1-4-13(10-12)27-19(14-5-2-6-17(28)18(14)20(27)29)11-7-8-15-16(9-11)25-21(24-15)26-22(30)31/h1-10,19,28H,23H2,(H,30,31)(H2,24,25,26). The van der Waals surface area contributed by atoms with Crippen LogP contribution in [-0.2, 0) is 0 Å². The number of phenols is 1. The predicted molar refractivity (Wildman–Crippen MR) is 115 cm³/mol. The largest absolute Gasteiger partial charge is 0.507 e. The fourth-order valence-corrected chi connectivity index (χ4v) is 4.02. The molecule has 154 valence electrons. The van der Waals surface area contributed by atoms with Crippen molar-refractivity contribution in [3.63, 3.8) is 0 Å². The van der Waals surface area contributed by atoms with Gasteiger partial charge in [0.05, 0.1) is 22.6 Å². The molecule has 6 N–H and O–H groups in total. The highest BCUT2D eigenvalue weighted by molar-refractivity contribution is 6.13. The number of amides is 2. The van der Waals surface area contributed by atoms with E-state index in [1.165, 1.54) is 6.07 Å². The Morgan fingerprint density at radius 3 is 2.71 bits per heavy atom. The second kappa shape index (κ2) is 6.77. The number of nitrogens with zero attached hydrogens (tertiary/aromatic N) is 2. The molecule has 2 amide bonds. The van der Waals surface area contributed by atoms with Crippen molar-refractivity contribution in [1.82, 2.24) is 9.97 Å². The Balaban J connectivity index is 1.68. The topological polar surface area (TPSA) is 145 Å². The molecule has 3 aromatic carbocycles. The first-order valence-electron chi connectivity index (χ1n) is 9.43. The highest BCUT2D eigenvalue weighted by Crippen LogP contribution is 2.45. The number of phenolic OH excluding ortho intramolecular Hbond substituents is 1. The number of rotatable bonds is 3. The van der Waals surface area contributed by atoms with E-state index in [2.05, 4.69) is 15.3 Å². The molecular formula is C22H17N5O4. The van der Waals surface area contributed by atoms with Gasteiger partial charge in [-0.15, -0.1) is 0 Å². The minimum absolute atomic E-state index is 0.0885. The number of aromatic hydroxyl groups is 1. The first kappa shape index (κ1) is 18.5. The zero-order valence-electron chi connectivity index (χ0n) is 16.0. The number of carbonyl (C=O) groups is 2. The highest BCUT2D eigenvalue weighted by Gasteiger charge is 2.40. The second-order valence-electron chi connectivity index (χ2n) is 7.21. The number of fused-ring (bicyclic) bond motifs is 2. The Bertz CT molecular complexity index is 1360. The van der Waals surface area contributed by atoms with Crippen LogP contribution >= 0.6 is 0 Å². The summed E-state index contributed by atoms with van der Waals surface area (Å²) < 4.78 is 0. The molecule has 1 aromatic heterocycles. The molecule has 0 fully saturated rings. The van der Waals surface area contributed by atoms with Crippen LogP contribution in [0.15, 0.2) is 60.7 Å². The Hall–Kier alpha value is -4.53. The van der Waals surface area contributed by atoms with Gasteiger partial charge in [-0.2, -0.15) is 0 Å². The summed E-state index contributed by atoms with van der Waals surface area (Å²) in [6.07, 6.45) is -1.22. The third-order valence-corrected chi connectivity index (χ3v) is 5.26. The van der Waals surface area contributed by atoms with Crippen molar-refractivity contribution >= 4 is 40.4 Å². The van der Waals surface area contributed by atoms with Crippen molar-refractivity contribution in [2.24, 2.45) is 0 Å². The maximum atomic E-state index is 13.3. The summed E-state index contributed by atoms with van der Waals surface area (Å²) in [5.41, 5.74) is 9.91. The molecule has 0 saturated heterocycles. The van der Waals surface area contributed by atoms with Crippen LogP contribution in [0, 0.1) is 0 Å². The Kier molecular flexibility index (Phi) is 4.04. The Labute approximate surface area is 175 Å². The van der Waals surface area contributed by atoms with E-state index in [0.717, 1.165) is 5.56 Å². The predicted octanol–water partition coefficient (Wildman–Crippen LogP) is 3.69. The van der Waals surface area contributed by atoms with Crippen LogP contribution in [0.1, 0.15) is 27.5 Å². The lowest BCUT2D eigenvalue weighted by atomic mass is 9.97. The number of hydrogen-bond donors (Lipinski definition) is 5. The van der Waals surface area contributed by atoms with E-state index < -0.39 is 12.1 Å². The van der Waals surface area contributed by atoms with Gasteiger partial charge in [0.25, 0.3) is 5.91 Å². The van der Waals surface area contributed by atoms with Crippen molar-refractivity contribution in [2.45, 2.75) is 6.04 Å². The van der Waals surface area contributed by atoms with Crippen LogP contribution in [0.25, 0.3) is 11.0 Å². The van der Waals surface area contributed by atoms with Crippen molar-refractivity contribution in [2.75, 3.05) is 16.0 Å². The fourth-order valence-electron chi connectivity index (χ4n) is 4.02. The number of carbonyl (C=O) groups excluding carboxylic acids is 1. The number of benzene rings is 3. The minimum Gasteiger partial charge on any atom is -0.507 e. The molecule has 0 aliphatic carbocycles. The molecule has 1 atom stereocenters. The number of aromatic amines is 1. The monoisotopic (exact) mass is 415 g/mol. The van der Waals surface area contributed by atoms with Crippen molar-refractivity contribution in [3.8, 4) is 5.75 Å². The summed E-state index contributed by atoms with van der Waals surface area (Å²) in [5.74, 6) is -0.316. The van der Waals surface area contributed by atoms with Gasteiger partial charge in [0.2, 0.25) is 5.95 Å². The van der Waals surface area contributed by atoms with Gasteiger partial charge >= 0.3 is 6.09 Å². The molecular weight excluding hydrogens is 398 g/mol. The molecule has 9 heteroatoms. The maximum Gasteiger partial charge on any atom is 0.411 e. The lowest BCUT2D eigenvalue weighted by molar-refractivity contribution is 0.0991. The summed E-state index contributed by atoms with van der Waals surface area (Å²) >= 11 is 0. The summed E-state index contributed by atoms with van der Waals surface area (Å²) in [4.78, 5) is 33.0. The molecule has 1 unspecified atom stereocenters. The van der Waals surface area contributed by atoms with Crippen molar-refractivity contribution in [1.29, 1.82) is 0 Å². The van der Waals surface area contributed by atoms with Crippen LogP contribution in [0.3, 0.4) is 0 Å². The van der Waals surface area contributed by atoms with E-state index in [-0.39, 0.29) is 23.2 Å². The first-order valence-corrected chi connectivity index (χ1v) is 9.43. The summed E-state index contributed by atoms with van der Waals surface area (Å²) in [5, 5.41) is 21.5. The second-order valence-corrected chi connectivity index (χ2v) is 7.21. The van der Waals surface area contributed by atoms with Gasteiger partial charge in [0, 0.05) is 11.4 Å². The number of nitrogen functional groups attached to an aromatic ring is 1. The molecule has 4 aromatic rings. The number of hydrogen-bond acceptors (Lipinski definition) is 5. The number of nitrogens with one attached hydrogen (secondary N) is 2. The van der Waals surface area contributed by atoms with Gasteiger partial charge in [-0.3, -0.25) is 15.0 Å². The van der Waals surface area contributed by atoms with Gasteiger partial charge in [-0.1, -0.05) is 24.3 Å². The molecule has 5 rings (SSSR count). The average molecular weight is 415 g/mol. The van der Waals surface area contributed by atoms with Crippen LogP contribution < -0.4 is 16.0 Å². The number of imidazole rings is 1. The normalized spacial score (nSPS) is 15.3. The van der Waals surface area contributed by atoms with E-state index in [4.69, 9.17) is 10.8 Å². The molecule has 2 heterocycles. The van der Waals surface area contributed by atoms with Crippen molar-refractivity contribution < 1.29 is 19.8 Å². The first-order chi connectivity index (χ1) is 14.9. The third-order valence-electron chi connectivity index (χ3n) is 5.26. The van der Waals surface area contributed by atoms with Gasteiger partial charge in [0.15, 0.2) is 0 Å². The van der Waals surface area contributed by atoms with Gasteiger partial charge in [0.1, 0.15) is 5.75 Å². The fraction of sp³-hybridized carbons (Fsp3) is 0.0455. The van der Waals surface area contributed by atoms with E-state index in [1.54, 1.807) is 47.4 Å². The highest BCUT2D eigenvalue weighted by atomic mass is 16.4. The lowest BCUT2D eigenvalue weighted by Crippen LogP contribution is -2.28. The Morgan fingerprint density at radius 1 is 1.13 bits per heavy atom. The molecule has 31 heavy (non-hydrogen) atoms. The molecule has 0 radical (unpaired) electrons. The zero-order chi connectivity index (χ0) is 21.7. The molecule has 0 bridgehead atoms. The summed E-state index contributed by atoms with van der Waals surface area (Å²) in [6.45, 7) is 0. The smallest absolute Gasteiger partial charge is 0.411 e. The number of nitrogens with two attached hydrogens (primary N) is 1. The molecule has 9 nitrogen and oxygen atoms in total. The summed E-state index contributed by atoms with van der Waals surface area (Å²) in [6, 6.07) is 16.8. The number of carboxylic acid groups (broad SMARTS) is 1. The van der Waals surface area contributed by atoms with E-state index in [9.17, 15) is 14.7 Å². The number of H-pyrrole nitrogens is 1. The average Bonchev–Trinajstić information content (AvgIpc) is 3.25. The van der Waals surface area contributed by atoms with Gasteiger partial charge < -0.3 is 20.9 Å². The van der Waals surface area contributed by atoms with Gasteiger partial charge in [-0.05, 0) is 47.5 Å². The van der Waals surface area contributed by atoms with Crippen LogP contribution in [-0.4, -0.2) is 32.2 Å². The van der Waals surface area contributed by atoms with Crippen LogP contribution in [0.5, 0.6) is 5.75 Å². The lowest BCUT2D eigenvalue weighted by Gasteiger charge is -2.26. The SMILES string of the molecule is Nc1cccc(N2C(=O)c3c(O)cccc3C2c2ccc3nc(NC(=O)O)[nH]c3c2)c1. The van der Waals surface area contributed by atoms with Crippen LogP contribution in [0.4, 0.5) is 22.1 Å². The van der Waals surface area contributed by atoms with Crippen LogP contribution in [0.2, 0.25) is 0 Å². The number of aromatic nitrogens is 2. The zero-order valence-corrected chi connectivity index (χ0v) is 16.0. The van der Waals surface area contributed by atoms with Crippen molar-refractivity contribution in [3.05, 3.63) is 77.4 Å². The number of anilines is 3. The molecule has 0 spiro atoms. The van der Waals surface area contributed by atoms with E-state index in [0.29, 0.717) is 28.0 Å². The van der Waals surface area contributed by atoms with Gasteiger partial charge in [-0.25, -0.2) is 9.78 Å². The maximum absolute atomic E-state index is 13.3. The molecule has 1 aliphatic rings. The van der Waals surface area contributed by atoms with E-state index in [1.807, 2.05) is 12.1 Å². The molecule has 0 saturated carbocycles. The third kappa shape index (κ3) is 2.99. The molecule has 1 aliphatic heterocycles. The minimum atomic E-state index is -1.22. The Morgan fingerprint density at radius 2 is 1.94 bits per heavy atom.